The second kappa shape index (κ2) is 6.94. The molecular formula is C16H24N2OS. The first-order valence-electron chi connectivity index (χ1n) is 7.65. The molecule has 2 atom stereocenters. The Balaban J connectivity index is 1.61. The van der Waals surface area contributed by atoms with Gasteiger partial charge in [-0.3, -0.25) is 4.90 Å². The van der Waals surface area contributed by atoms with Crippen LogP contribution in [0.1, 0.15) is 24.3 Å². The molecule has 2 aliphatic heterocycles. The SMILES string of the molecule is OCCN(CC1CCCN1)CC1CSc2ccccc21. The Morgan fingerprint density at radius 3 is 3.00 bits per heavy atom. The summed E-state index contributed by atoms with van der Waals surface area (Å²) in [6, 6.07) is 9.39. The molecule has 2 heterocycles. The van der Waals surface area contributed by atoms with Crippen molar-refractivity contribution in [3.63, 3.8) is 0 Å². The largest absolute Gasteiger partial charge is 0.395 e. The lowest BCUT2D eigenvalue weighted by atomic mass is 10.0. The van der Waals surface area contributed by atoms with Crippen LogP contribution in [0.2, 0.25) is 0 Å². The van der Waals surface area contributed by atoms with E-state index in [1.54, 1.807) is 0 Å². The van der Waals surface area contributed by atoms with E-state index in [2.05, 4.69) is 34.5 Å². The maximum Gasteiger partial charge on any atom is 0.0558 e. The minimum atomic E-state index is 0.258. The third-order valence-electron chi connectivity index (χ3n) is 4.33. The van der Waals surface area contributed by atoms with Gasteiger partial charge in [0.25, 0.3) is 0 Å². The Bertz CT molecular complexity index is 434. The van der Waals surface area contributed by atoms with Crippen molar-refractivity contribution < 1.29 is 5.11 Å². The number of hydrogen-bond acceptors (Lipinski definition) is 4. The van der Waals surface area contributed by atoms with Crippen molar-refractivity contribution in [3.05, 3.63) is 29.8 Å². The molecule has 0 radical (unpaired) electrons. The topological polar surface area (TPSA) is 35.5 Å². The van der Waals surface area contributed by atoms with Gasteiger partial charge in [0.15, 0.2) is 0 Å². The first kappa shape index (κ1) is 14.4. The fraction of sp³-hybridized carbons (Fsp3) is 0.625. The van der Waals surface area contributed by atoms with Crippen LogP contribution in [0.4, 0.5) is 0 Å². The van der Waals surface area contributed by atoms with Gasteiger partial charge >= 0.3 is 0 Å². The molecule has 1 fully saturated rings. The zero-order valence-electron chi connectivity index (χ0n) is 11.9. The quantitative estimate of drug-likeness (QED) is 0.840. The van der Waals surface area contributed by atoms with Crippen molar-refractivity contribution in [1.82, 2.24) is 10.2 Å². The summed E-state index contributed by atoms with van der Waals surface area (Å²) < 4.78 is 0. The van der Waals surface area contributed by atoms with Crippen LogP contribution in [0.15, 0.2) is 29.2 Å². The maximum absolute atomic E-state index is 9.31. The second-order valence-electron chi connectivity index (χ2n) is 5.82. The summed E-state index contributed by atoms with van der Waals surface area (Å²) in [5, 5.41) is 12.9. The predicted octanol–water partition coefficient (Wildman–Crippen LogP) is 1.92. The molecule has 2 unspecified atom stereocenters. The van der Waals surface area contributed by atoms with E-state index in [-0.39, 0.29) is 6.61 Å². The summed E-state index contributed by atoms with van der Waals surface area (Å²) in [5.74, 6) is 1.79. The van der Waals surface area contributed by atoms with Gasteiger partial charge in [-0.1, -0.05) is 18.2 Å². The predicted molar refractivity (Wildman–Crippen MR) is 84.5 cm³/mol. The van der Waals surface area contributed by atoms with Gasteiger partial charge in [0.1, 0.15) is 0 Å². The van der Waals surface area contributed by atoms with Crippen LogP contribution in [0, 0.1) is 0 Å². The minimum absolute atomic E-state index is 0.258. The number of rotatable bonds is 6. The normalized spacial score (nSPS) is 25.3. The standard InChI is InChI=1S/C16H24N2OS/c19-9-8-18(11-14-4-3-7-17-14)10-13-12-20-16-6-2-1-5-15(13)16/h1-2,5-6,13-14,17,19H,3-4,7-12H2. The van der Waals surface area contributed by atoms with Gasteiger partial charge < -0.3 is 10.4 Å². The first-order valence-corrected chi connectivity index (χ1v) is 8.63. The fourth-order valence-corrected chi connectivity index (χ4v) is 4.56. The molecular weight excluding hydrogens is 268 g/mol. The molecule has 1 saturated heterocycles. The Labute approximate surface area is 125 Å². The zero-order chi connectivity index (χ0) is 13.8. The van der Waals surface area contributed by atoms with E-state index < -0.39 is 0 Å². The van der Waals surface area contributed by atoms with Crippen LogP contribution in [0.3, 0.4) is 0 Å². The molecule has 0 aliphatic carbocycles. The lowest BCUT2D eigenvalue weighted by molar-refractivity contribution is 0.179. The van der Waals surface area contributed by atoms with Crippen molar-refractivity contribution in [2.45, 2.75) is 29.7 Å². The van der Waals surface area contributed by atoms with Crippen LogP contribution in [-0.2, 0) is 0 Å². The molecule has 0 spiro atoms. The number of nitrogens with zero attached hydrogens (tertiary/aromatic N) is 1. The summed E-state index contributed by atoms with van der Waals surface area (Å²) >= 11 is 1.97. The summed E-state index contributed by atoms with van der Waals surface area (Å²) in [5.41, 5.74) is 1.50. The summed E-state index contributed by atoms with van der Waals surface area (Å²) in [7, 11) is 0. The molecule has 3 rings (SSSR count). The zero-order valence-corrected chi connectivity index (χ0v) is 12.7. The molecule has 1 aromatic carbocycles. The molecule has 0 amide bonds. The third kappa shape index (κ3) is 3.37. The van der Waals surface area contributed by atoms with Crippen molar-refractivity contribution in [2.24, 2.45) is 0 Å². The Kier molecular flexibility index (Phi) is 4.99. The van der Waals surface area contributed by atoms with Crippen LogP contribution in [0.25, 0.3) is 0 Å². The van der Waals surface area contributed by atoms with Crippen molar-refractivity contribution in [1.29, 1.82) is 0 Å². The highest BCUT2D eigenvalue weighted by molar-refractivity contribution is 7.99. The first-order chi connectivity index (χ1) is 9.86. The van der Waals surface area contributed by atoms with E-state index in [4.69, 9.17) is 0 Å². The van der Waals surface area contributed by atoms with Gasteiger partial charge in [-0.05, 0) is 31.0 Å². The van der Waals surface area contributed by atoms with E-state index in [0.717, 1.165) is 26.2 Å². The van der Waals surface area contributed by atoms with Crippen LogP contribution < -0.4 is 5.32 Å². The minimum Gasteiger partial charge on any atom is -0.395 e. The van der Waals surface area contributed by atoms with Crippen LogP contribution in [0.5, 0.6) is 0 Å². The van der Waals surface area contributed by atoms with E-state index in [1.165, 1.54) is 29.1 Å². The number of hydrogen-bond donors (Lipinski definition) is 2. The number of benzene rings is 1. The second-order valence-corrected chi connectivity index (χ2v) is 6.88. The molecule has 20 heavy (non-hydrogen) atoms. The lowest BCUT2D eigenvalue weighted by Gasteiger charge is -2.27. The van der Waals surface area contributed by atoms with Gasteiger partial charge in [0.05, 0.1) is 6.61 Å². The molecule has 3 nitrogen and oxygen atoms in total. The Morgan fingerprint density at radius 1 is 1.30 bits per heavy atom. The highest BCUT2D eigenvalue weighted by Crippen LogP contribution is 2.39. The smallest absolute Gasteiger partial charge is 0.0558 e. The molecule has 4 heteroatoms. The Morgan fingerprint density at radius 2 is 2.20 bits per heavy atom. The molecule has 0 bridgehead atoms. The maximum atomic E-state index is 9.31. The number of fused-ring (bicyclic) bond motifs is 1. The number of aliphatic hydroxyl groups excluding tert-OH is 1. The average Bonchev–Trinajstić information content (AvgIpc) is 3.10. The number of aliphatic hydroxyl groups is 1. The monoisotopic (exact) mass is 292 g/mol. The van der Waals surface area contributed by atoms with E-state index >= 15 is 0 Å². The molecule has 0 saturated carbocycles. The van der Waals surface area contributed by atoms with E-state index in [1.807, 2.05) is 11.8 Å². The van der Waals surface area contributed by atoms with Crippen molar-refractivity contribution in [3.8, 4) is 0 Å². The number of thioether (sulfide) groups is 1. The number of nitrogens with one attached hydrogen (secondary N) is 1. The van der Waals surface area contributed by atoms with Gasteiger partial charge in [-0.25, -0.2) is 0 Å². The molecule has 0 aromatic heterocycles. The summed E-state index contributed by atoms with van der Waals surface area (Å²) in [4.78, 5) is 3.89. The van der Waals surface area contributed by atoms with Gasteiger partial charge in [0, 0.05) is 42.2 Å². The Hall–Kier alpha value is -0.550. The van der Waals surface area contributed by atoms with Crippen molar-refractivity contribution in [2.75, 3.05) is 38.5 Å². The molecule has 1 aromatic rings. The molecule has 2 aliphatic rings. The highest BCUT2D eigenvalue weighted by Gasteiger charge is 2.26. The third-order valence-corrected chi connectivity index (χ3v) is 5.59. The van der Waals surface area contributed by atoms with E-state index in [9.17, 15) is 5.11 Å². The lowest BCUT2D eigenvalue weighted by Crippen LogP contribution is -2.41. The highest BCUT2D eigenvalue weighted by atomic mass is 32.2. The van der Waals surface area contributed by atoms with Gasteiger partial charge in [0.2, 0.25) is 0 Å². The van der Waals surface area contributed by atoms with Gasteiger partial charge in [-0.2, -0.15) is 0 Å². The molecule has 2 N–H and O–H groups in total. The summed E-state index contributed by atoms with van der Waals surface area (Å²) in [6.07, 6.45) is 2.57. The van der Waals surface area contributed by atoms with Gasteiger partial charge in [-0.15, -0.1) is 11.8 Å². The molecule has 110 valence electrons. The van der Waals surface area contributed by atoms with Crippen molar-refractivity contribution >= 4 is 11.8 Å². The average molecular weight is 292 g/mol. The van der Waals surface area contributed by atoms with Crippen LogP contribution >= 0.6 is 11.8 Å². The van der Waals surface area contributed by atoms with E-state index in [0.29, 0.717) is 12.0 Å². The summed E-state index contributed by atoms with van der Waals surface area (Å²) in [6.45, 7) is 4.35. The van der Waals surface area contributed by atoms with Crippen LogP contribution in [-0.4, -0.2) is 54.6 Å². The fourth-order valence-electron chi connectivity index (χ4n) is 3.31.